The number of aromatic nitrogens is 1. The van der Waals surface area contributed by atoms with Crippen molar-refractivity contribution in [3.8, 4) is 0 Å². The first-order chi connectivity index (χ1) is 18.4. The first-order valence-corrected chi connectivity index (χ1v) is 14.4. The molecule has 1 saturated heterocycles. The molecule has 2 heterocycles. The Morgan fingerprint density at radius 2 is 1.53 bits per heavy atom. The normalized spacial score (nSPS) is 14.3. The van der Waals surface area contributed by atoms with Crippen molar-refractivity contribution in [3.63, 3.8) is 0 Å². The molecule has 1 aliphatic heterocycles. The van der Waals surface area contributed by atoms with Gasteiger partial charge in [-0.2, -0.15) is 0 Å². The Labute approximate surface area is 228 Å². The molecule has 5 rings (SSSR count). The maximum Gasteiger partial charge on any atom is 0.264 e. The first-order valence-electron chi connectivity index (χ1n) is 12.5. The minimum atomic E-state index is -3.85. The number of likely N-dealkylation sites (tertiary alicyclic amines) is 1. The van der Waals surface area contributed by atoms with Crippen molar-refractivity contribution in [3.05, 3.63) is 125 Å². The number of rotatable bonds is 7. The summed E-state index contributed by atoms with van der Waals surface area (Å²) in [7, 11) is -3.85. The molecule has 1 aromatic heterocycles. The SMILES string of the molecule is O=C(c1ccc(N(Cc2ccc(Cl)cc2)S(=O)(=O)c2ccccc2)cc1)N1CCC(c2ccccn2)CC1. The molecule has 6 nitrogen and oxygen atoms in total. The van der Waals surface area contributed by atoms with Gasteiger partial charge in [0, 0.05) is 41.5 Å². The van der Waals surface area contributed by atoms with Gasteiger partial charge in [-0.3, -0.25) is 14.1 Å². The number of halogens is 1. The third kappa shape index (κ3) is 5.74. The van der Waals surface area contributed by atoms with Crippen LogP contribution in [0.5, 0.6) is 0 Å². The van der Waals surface area contributed by atoms with Crippen LogP contribution in [0.15, 0.2) is 108 Å². The lowest BCUT2D eigenvalue weighted by Gasteiger charge is -2.32. The summed E-state index contributed by atoms with van der Waals surface area (Å²) in [4.78, 5) is 19.8. The van der Waals surface area contributed by atoms with Crippen LogP contribution in [0.2, 0.25) is 5.02 Å². The number of carbonyl (C=O) groups excluding carboxylic acids is 1. The number of benzene rings is 3. The Kier molecular flexibility index (Phi) is 7.77. The molecule has 0 atom stereocenters. The highest BCUT2D eigenvalue weighted by molar-refractivity contribution is 7.92. The highest BCUT2D eigenvalue weighted by atomic mass is 35.5. The highest BCUT2D eigenvalue weighted by Gasteiger charge is 2.27. The second kappa shape index (κ2) is 11.4. The maximum absolute atomic E-state index is 13.6. The maximum atomic E-state index is 13.6. The molecular weight excluding hydrogens is 518 g/mol. The van der Waals surface area contributed by atoms with E-state index in [-0.39, 0.29) is 17.3 Å². The second-order valence-electron chi connectivity index (χ2n) is 9.32. The largest absolute Gasteiger partial charge is 0.339 e. The number of pyridine rings is 1. The van der Waals surface area contributed by atoms with Crippen LogP contribution in [-0.4, -0.2) is 37.3 Å². The van der Waals surface area contributed by atoms with Gasteiger partial charge in [0.05, 0.1) is 17.1 Å². The molecule has 0 aliphatic carbocycles. The first kappa shape index (κ1) is 25.9. The van der Waals surface area contributed by atoms with Crippen molar-refractivity contribution < 1.29 is 13.2 Å². The summed E-state index contributed by atoms with van der Waals surface area (Å²) in [5.74, 6) is 0.304. The van der Waals surface area contributed by atoms with Crippen LogP contribution >= 0.6 is 11.6 Å². The molecule has 1 amide bonds. The zero-order valence-electron chi connectivity index (χ0n) is 20.8. The number of carbonyl (C=O) groups is 1. The standard InChI is InChI=1S/C30H28ClN3O3S/c31-26-13-9-23(10-14-26)22-34(38(36,37)28-6-2-1-3-7-28)27-15-11-25(12-16-27)30(35)33-20-17-24(18-21-33)29-8-4-5-19-32-29/h1-16,19,24H,17-18,20-22H2. The smallest absolute Gasteiger partial charge is 0.264 e. The molecule has 0 radical (unpaired) electrons. The average molecular weight is 546 g/mol. The van der Waals surface area contributed by atoms with Gasteiger partial charge in [-0.1, -0.05) is 48.0 Å². The molecule has 0 N–H and O–H groups in total. The lowest BCUT2D eigenvalue weighted by atomic mass is 9.92. The fourth-order valence-corrected chi connectivity index (χ4v) is 6.34. The number of hydrogen-bond donors (Lipinski definition) is 0. The second-order valence-corrected chi connectivity index (χ2v) is 11.6. The highest BCUT2D eigenvalue weighted by Crippen LogP contribution is 2.29. The van der Waals surface area contributed by atoms with Gasteiger partial charge in [0.15, 0.2) is 0 Å². The lowest BCUT2D eigenvalue weighted by molar-refractivity contribution is 0.0712. The molecule has 38 heavy (non-hydrogen) atoms. The van der Waals surface area contributed by atoms with E-state index < -0.39 is 10.0 Å². The molecule has 8 heteroatoms. The number of hydrogen-bond acceptors (Lipinski definition) is 4. The van der Waals surface area contributed by atoms with E-state index in [1.807, 2.05) is 41.4 Å². The number of sulfonamides is 1. The van der Waals surface area contributed by atoms with Gasteiger partial charge >= 0.3 is 0 Å². The molecule has 1 fully saturated rings. The van der Waals surface area contributed by atoms with Crippen LogP contribution in [0.4, 0.5) is 5.69 Å². The van der Waals surface area contributed by atoms with Crippen LogP contribution in [-0.2, 0) is 16.6 Å². The molecule has 0 spiro atoms. The zero-order valence-corrected chi connectivity index (χ0v) is 22.4. The molecule has 0 bridgehead atoms. The van der Waals surface area contributed by atoms with Crippen molar-refractivity contribution in [1.82, 2.24) is 9.88 Å². The molecule has 0 unspecified atom stereocenters. The summed E-state index contributed by atoms with van der Waals surface area (Å²) >= 11 is 6.03. The van der Waals surface area contributed by atoms with Crippen LogP contribution < -0.4 is 4.31 Å². The third-order valence-corrected chi connectivity index (χ3v) is 8.90. The minimum absolute atomic E-state index is 0.0498. The summed E-state index contributed by atoms with van der Waals surface area (Å²) in [5, 5.41) is 0.582. The van der Waals surface area contributed by atoms with Crippen molar-refractivity contribution in [2.24, 2.45) is 0 Å². The Morgan fingerprint density at radius 3 is 2.16 bits per heavy atom. The van der Waals surface area contributed by atoms with Crippen LogP contribution in [0.3, 0.4) is 0 Å². The van der Waals surface area contributed by atoms with Gasteiger partial charge in [-0.05, 0) is 79.1 Å². The fourth-order valence-electron chi connectivity index (χ4n) is 4.74. The summed E-state index contributed by atoms with van der Waals surface area (Å²) < 4.78 is 28.6. The summed E-state index contributed by atoms with van der Waals surface area (Å²) in [6.45, 7) is 1.45. The van der Waals surface area contributed by atoms with E-state index in [1.54, 1.807) is 66.7 Å². The number of nitrogens with zero attached hydrogens (tertiary/aromatic N) is 3. The Bertz CT molecular complexity index is 1470. The molecule has 4 aromatic rings. The van der Waals surface area contributed by atoms with E-state index in [4.69, 9.17) is 11.6 Å². The number of anilines is 1. The van der Waals surface area contributed by atoms with Gasteiger partial charge in [-0.15, -0.1) is 0 Å². The topological polar surface area (TPSA) is 70.6 Å². The molecule has 3 aromatic carbocycles. The van der Waals surface area contributed by atoms with E-state index >= 15 is 0 Å². The Balaban J connectivity index is 1.35. The lowest BCUT2D eigenvalue weighted by Crippen LogP contribution is -2.38. The molecular formula is C30H28ClN3O3S. The van der Waals surface area contributed by atoms with E-state index in [2.05, 4.69) is 4.98 Å². The predicted molar refractivity (Wildman–Crippen MR) is 150 cm³/mol. The monoisotopic (exact) mass is 545 g/mol. The van der Waals surface area contributed by atoms with Gasteiger partial charge in [-0.25, -0.2) is 8.42 Å². The van der Waals surface area contributed by atoms with Crippen molar-refractivity contribution in [2.75, 3.05) is 17.4 Å². The van der Waals surface area contributed by atoms with E-state index in [0.29, 0.717) is 35.3 Å². The van der Waals surface area contributed by atoms with Gasteiger partial charge in [0.25, 0.3) is 15.9 Å². The summed E-state index contributed by atoms with van der Waals surface area (Å²) in [6.07, 6.45) is 3.54. The van der Waals surface area contributed by atoms with E-state index in [9.17, 15) is 13.2 Å². The fraction of sp³-hybridized carbons (Fsp3) is 0.200. The Hall–Kier alpha value is -3.68. The quantitative estimate of drug-likeness (QED) is 0.279. The Morgan fingerprint density at radius 1 is 0.868 bits per heavy atom. The zero-order chi connectivity index (χ0) is 26.5. The molecule has 194 valence electrons. The number of amides is 1. The van der Waals surface area contributed by atoms with Gasteiger partial charge < -0.3 is 4.90 Å². The van der Waals surface area contributed by atoms with E-state index in [0.717, 1.165) is 24.1 Å². The summed E-state index contributed by atoms with van der Waals surface area (Å²) in [5.41, 5.74) is 2.89. The van der Waals surface area contributed by atoms with Crippen molar-refractivity contribution >= 4 is 33.2 Å². The van der Waals surface area contributed by atoms with Gasteiger partial charge in [0.2, 0.25) is 0 Å². The van der Waals surface area contributed by atoms with Crippen LogP contribution in [0.25, 0.3) is 0 Å². The number of piperidine rings is 1. The average Bonchev–Trinajstić information content (AvgIpc) is 2.97. The molecule has 0 saturated carbocycles. The van der Waals surface area contributed by atoms with Crippen molar-refractivity contribution in [2.45, 2.75) is 30.2 Å². The summed E-state index contributed by atoms with van der Waals surface area (Å²) in [6, 6.07) is 28.2. The van der Waals surface area contributed by atoms with Gasteiger partial charge in [0.1, 0.15) is 0 Å². The van der Waals surface area contributed by atoms with E-state index in [1.165, 1.54) is 4.31 Å². The minimum Gasteiger partial charge on any atom is -0.339 e. The van der Waals surface area contributed by atoms with Crippen molar-refractivity contribution in [1.29, 1.82) is 0 Å². The van der Waals surface area contributed by atoms with Crippen LogP contribution in [0.1, 0.15) is 40.4 Å². The van der Waals surface area contributed by atoms with Crippen LogP contribution in [0, 0.1) is 0 Å². The third-order valence-electron chi connectivity index (χ3n) is 6.86. The predicted octanol–water partition coefficient (Wildman–Crippen LogP) is 6.15. The molecule has 1 aliphatic rings.